The molecule has 1 heterocycles. The molecule has 0 aromatic carbocycles. The highest BCUT2D eigenvalue weighted by Crippen LogP contribution is 1.82. The second-order valence-electron chi connectivity index (χ2n) is 1.22. The van der Waals surface area contributed by atoms with E-state index < -0.39 is 17.5 Å². The normalized spacial score (nSPS) is 9.44. The lowest BCUT2D eigenvalue weighted by Gasteiger charge is -1.78. The van der Waals surface area contributed by atoms with Gasteiger partial charge in [-0.15, -0.1) is 0 Å². The second kappa shape index (κ2) is 1.85. The van der Waals surface area contributed by atoms with E-state index in [0.29, 0.717) is 6.07 Å². The van der Waals surface area contributed by atoms with Crippen LogP contribution in [0, 0.1) is 6.01 Å². The Balaban J connectivity index is 3.52. The van der Waals surface area contributed by atoms with Gasteiger partial charge in [0.2, 0.25) is 0 Å². The van der Waals surface area contributed by atoms with Crippen molar-refractivity contribution in [2.45, 2.75) is 0 Å². The summed E-state index contributed by atoms with van der Waals surface area (Å²) in [5, 5.41) is 0. The summed E-state index contributed by atoms with van der Waals surface area (Å²) in [6.45, 7) is 0. The smallest absolute Gasteiger partial charge is 0.366 e. The molecule has 0 N–H and O–H groups in total. The molecule has 0 amide bonds. The van der Waals surface area contributed by atoms with Gasteiger partial charge in [0.25, 0.3) is 6.01 Å². The summed E-state index contributed by atoms with van der Waals surface area (Å²) in [5.41, 5.74) is -1.05. The minimum atomic E-state index is -1.33. The first-order chi connectivity index (χ1) is 4.18. The summed E-state index contributed by atoms with van der Waals surface area (Å²) >= 11 is 0. The van der Waals surface area contributed by atoms with Crippen molar-refractivity contribution in [3.63, 3.8) is 0 Å². The molecule has 0 aliphatic heterocycles. The van der Waals surface area contributed by atoms with Crippen molar-refractivity contribution in [3.8, 4) is 0 Å². The second-order valence-corrected chi connectivity index (χ2v) is 1.22. The van der Waals surface area contributed by atoms with Crippen LogP contribution < -0.4 is 11.4 Å². The standard InChI is InChI=1S/C4HFO4/c5-2-1-3(6)9-4(7)8-2/h1H. The summed E-state index contributed by atoms with van der Waals surface area (Å²) in [6, 6.07) is -0.808. The summed E-state index contributed by atoms with van der Waals surface area (Å²) < 4.78 is 19.2. The lowest BCUT2D eigenvalue weighted by Crippen LogP contribution is -2.09. The van der Waals surface area contributed by atoms with Crippen LogP contribution in [-0.4, -0.2) is 0 Å². The van der Waals surface area contributed by atoms with E-state index in [2.05, 4.69) is 8.83 Å². The molecule has 1 aromatic heterocycles. The monoisotopic (exact) mass is 132 g/mol. The lowest BCUT2D eigenvalue weighted by molar-refractivity contribution is 0.222. The fourth-order valence-corrected chi connectivity index (χ4v) is 0.334. The highest BCUT2D eigenvalue weighted by atomic mass is 19.1. The van der Waals surface area contributed by atoms with Crippen molar-refractivity contribution < 1.29 is 13.2 Å². The van der Waals surface area contributed by atoms with Crippen molar-refractivity contribution in [2.75, 3.05) is 0 Å². The average Bonchev–Trinajstić information content (AvgIpc) is 1.59. The van der Waals surface area contributed by atoms with E-state index in [1.165, 1.54) is 0 Å². The first-order valence-electron chi connectivity index (χ1n) is 1.99. The molecular weight excluding hydrogens is 131 g/mol. The van der Waals surface area contributed by atoms with Crippen LogP contribution in [0.4, 0.5) is 4.39 Å². The number of hydrogen-bond donors (Lipinski definition) is 0. The molecule has 0 saturated heterocycles. The van der Waals surface area contributed by atoms with E-state index in [9.17, 15) is 14.0 Å². The maximum absolute atomic E-state index is 11.8. The third-order valence-corrected chi connectivity index (χ3v) is 0.596. The van der Waals surface area contributed by atoms with Gasteiger partial charge in [-0.2, -0.15) is 4.39 Å². The van der Waals surface area contributed by atoms with Gasteiger partial charge in [0.15, 0.2) is 0 Å². The molecule has 0 aliphatic carbocycles. The number of halogens is 1. The van der Waals surface area contributed by atoms with Crippen LogP contribution in [-0.2, 0) is 0 Å². The lowest BCUT2D eigenvalue weighted by atomic mass is 10.7. The predicted octanol–water partition coefficient (Wildman–Crippen LogP) is -0.268. The summed E-state index contributed by atoms with van der Waals surface area (Å²) in [7, 11) is 0. The quantitative estimate of drug-likeness (QED) is 0.487. The van der Waals surface area contributed by atoms with Crippen LogP contribution in [0.1, 0.15) is 0 Å². The molecule has 1 rings (SSSR count). The Morgan fingerprint density at radius 1 is 1.33 bits per heavy atom. The van der Waals surface area contributed by atoms with Crippen molar-refractivity contribution in [1.82, 2.24) is 0 Å². The van der Waals surface area contributed by atoms with Gasteiger partial charge in [-0.05, 0) is 0 Å². The van der Waals surface area contributed by atoms with Gasteiger partial charge in [-0.3, -0.25) is 0 Å². The number of hydrogen-bond acceptors (Lipinski definition) is 4. The molecule has 4 nitrogen and oxygen atoms in total. The molecule has 0 unspecified atom stereocenters. The number of rotatable bonds is 0. The zero-order valence-electron chi connectivity index (χ0n) is 4.09. The largest absolute Gasteiger partial charge is 0.523 e. The van der Waals surface area contributed by atoms with Crippen LogP contribution in [0.25, 0.3) is 0 Å². The maximum Gasteiger partial charge on any atom is 0.523 e. The third-order valence-electron chi connectivity index (χ3n) is 0.596. The molecule has 0 bridgehead atoms. The topological polar surface area (TPSA) is 60.4 Å². The van der Waals surface area contributed by atoms with Crippen molar-refractivity contribution in [3.05, 3.63) is 33.1 Å². The molecule has 0 aliphatic rings. The molecule has 0 atom stereocenters. The van der Waals surface area contributed by atoms with Gasteiger partial charge < -0.3 is 8.83 Å². The van der Waals surface area contributed by atoms with Crippen molar-refractivity contribution in [2.24, 2.45) is 0 Å². The van der Waals surface area contributed by atoms with Crippen LogP contribution in [0.5, 0.6) is 0 Å². The molecule has 1 aromatic rings. The summed E-state index contributed by atoms with van der Waals surface area (Å²) in [5.74, 6) is -1.33. The minimum absolute atomic E-state index is 0.432. The molecule has 5 heteroatoms. The van der Waals surface area contributed by atoms with Crippen molar-refractivity contribution >= 4 is 0 Å². The molecule has 0 spiro atoms. The van der Waals surface area contributed by atoms with E-state index in [1.54, 1.807) is 0 Å². The molecule has 0 saturated carbocycles. The Hall–Kier alpha value is -1.39. The van der Waals surface area contributed by atoms with E-state index in [4.69, 9.17) is 0 Å². The third kappa shape index (κ3) is 1.25. The molecular formula is C4HFO4. The Kier molecular flexibility index (Phi) is 1.18. The first-order valence-corrected chi connectivity index (χ1v) is 1.99. The van der Waals surface area contributed by atoms with Gasteiger partial charge >= 0.3 is 11.4 Å². The first kappa shape index (κ1) is 5.74. The van der Waals surface area contributed by atoms with E-state index in [1.807, 2.05) is 0 Å². The summed E-state index contributed by atoms with van der Waals surface area (Å²) in [4.78, 5) is 20.0. The molecule has 0 radical (unpaired) electrons. The van der Waals surface area contributed by atoms with Crippen LogP contribution in [0.3, 0.4) is 0 Å². The summed E-state index contributed by atoms with van der Waals surface area (Å²) in [6.07, 6.45) is 0. The zero-order chi connectivity index (χ0) is 6.85. The van der Waals surface area contributed by atoms with E-state index >= 15 is 0 Å². The SMILES string of the molecule is O=c1cc(F)oc(=O)o1. The molecule has 9 heavy (non-hydrogen) atoms. The van der Waals surface area contributed by atoms with E-state index in [-0.39, 0.29) is 0 Å². The zero-order valence-corrected chi connectivity index (χ0v) is 4.09. The van der Waals surface area contributed by atoms with E-state index in [0.717, 1.165) is 0 Å². The van der Waals surface area contributed by atoms with Gasteiger partial charge in [0.05, 0.1) is 6.07 Å². The Morgan fingerprint density at radius 2 is 2.00 bits per heavy atom. The average molecular weight is 132 g/mol. The van der Waals surface area contributed by atoms with Gasteiger partial charge in [0.1, 0.15) is 0 Å². The van der Waals surface area contributed by atoms with Gasteiger partial charge in [-0.25, -0.2) is 9.59 Å². The van der Waals surface area contributed by atoms with Gasteiger partial charge in [-0.1, -0.05) is 0 Å². The minimum Gasteiger partial charge on any atom is -0.366 e. The van der Waals surface area contributed by atoms with Crippen molar-refractivity contribution in [1.29, 1.82) is 0 Å². The fourth-order valence-electron chi connectivity index (χ4n) is 0.334. The predicted molar refractivity (Wildman–Crippen MR) is 23.5 cm³/mol. The fraction of sp³-hybridized carbons (Fsp3) is 0. The molecule has 48 valence electrons. The van der Waals surface area contributed by atoms with Crippen LogP contribution >= 0.6 is 0 Å². The highest BCUT2D eigenvalue weighted by Gasteiger charge is 1.96. The van der Waals surface area contributed by atoms with Gasteiger partial charge in [0, 0.05) is 0 Å². The Labute approximate surface area is 47.5 Å². The molecule has 0 fully saturated rings. The van der Waals surface area contributed by atoms with Crippen LogP contribution in [0.2, 0.25) is 0 Å². The Bertz CT molecular complexity index is 281. The maximum atomic E-state index is 11.8. The van der Waals surface area contributed by atoms with Crippen LogP contribution in [0.15, 0.2) is 24.5 Å². The Morgan fingerprint density at radius 3 is 2.44 bits per heavy atom. The highest BCUT2D eigenvalue weighted by molar-refractivity contribution is 4.73.